The van der Waals surface area contributed by atoms with Crippen molar-refractivity contribution in [2.24, 2.45) is 0 Å². The van der Waals surface area contributed by atoms with Crippen LogP contribution in [-0.4, -0.2) is 44.3 Å². The van der Waals surface area contributed by atoms with Crippen LogP contribution in [0.25, 0.3) is 0 Å². The average molecular weight is 337 g/mol. The zero-order valence-corrected chi connectivity index (χ0v) is 13.6. The molecule has 0 saturated carbocycles. The lowest BCUT2D eigenvalue weighted by Crippen LogP contribution is -2.40. The summed E-state index contributed by atoms with van der Waals surface area (Å²) in [5.74, 6) is 1.08. The Hall–Kier alpha value is -2.12. The minimum absolute atomic E-state index is 0.0178. The number of halogens is 1. The number of hydrogen-bond donors (Lipinski definition) is 1. The molecule has 1 aliphatic heterocycles. The molecule has 0 saturated heterocycles. The van der Waals surface area contributed by atoms with Gasteiger partial charge in [0.1, 0.15) is 12.4 Å². The molecule has 1 aromatic carbocycles. The predicted octanol–water partition coefficient (Wildman–Crippen LogP) is 2.00. The maximum atomic E-state index is 12.7. The molecule has 122 valence electrons. The number of nitrogens with zero attached hydrogens (tertiary/aromatic N) is 4. The van der Waals surface area contributed by atoms with Crippen molar-refractivity contribution >= 4 is 17.5 Å². The number of rotatable bonds is 3. The SMILES string of the molecule is COCc1nnc2n1[C@@H](C)CN(C(=O)c1cc(Cl)ccc1O)C2. The second-order valence-corrected chi connectivity index (χ2v) is 5.97. The number of aromatic hydroxyl groups is 1. The Bertz CT molecular complexity index is 746. The number of benzene rings is 1. The third kappa shape index (κ3) is 2.89. The minimum atomic E-state index is -0.278. The molecule has 3 rings (SSSR count). The summed E-state index contributed by atoms with van der Waals surface area (Å²) in [6, 6.07) is 4.45. The van der Waals surface area contributed by atoms with Crippen LogP contribution in [-0.2, 0) is 17.9 Å². The molecule has 1 amide bonds. The fourth-order valence-electron chi connectivity index (χ4n) is 2.85. The minimum Gasteiger partial charge on any atom is -0.507 e. The summed E-state index contributed by atoms with van der Waals surface area (Å²) in [7, 11) is 1.60. The number of carbonyl (C=O) groups is 1. The van der Waals surface area contributed by atoms with E-state index in [9.17, 15) is 9.90 Å². The smallest absolute Gasteiger partial charge is 0.258 e. The molecule has 0 unspecified atom stereocenters. The van der Waals surface area contributed by atoms with Gasteiger partial charge in [-0.3, -0.25) is 4.79 Å². The van der Waals surface area contributed by atoms with E-state index in [0.29, 0.717) is 30.5 Å². The molecular formula is C15H17ClN4O3. The fraction of sp³-hybridized carbons (Fsp3) is 0.400. The first-order valence-corrected chi connectivity index (χ1v) is 7.58. The van der Waals surface area contributed by atoms with Gasteiger partial charge in [-0.2, -0.15) is 0 Å². The van der Waals surface area contributed by atoms with Crippen molar-refractivity contribution in [3.8, 4) is 5.75 Å². The van der Waals surface area contributed by atoms with Crippen molar-refractivity contribution in [1.29, 1.82) is 0 Å². The molecule has 0 aliphatic carbocycles. The van der Waals surface area contributed by atoms with Crippen LogP contribution in [0, 0.1) is 0 Å². The molecule has 7 nitrogen and oxygen atoms in total. The topological polar surface area (TPSA) is 80.5 Å². The number of amides is 1. The van der Waals surface area contributed by atoms with Crippen LogP contribution >= 0.6 is 11.6 Å². The van der Waals surface area contributed by atoms with E-state index in [0.717, 1.165) is 5.82 Å². The monoisotopic (exact) mass is 336 g/mol. The molecule has 1 N–H and O–H groups in total. The Balaban J connectivity index is 1.88. The lowest BCUT2D eigenvalue weighted by molar-refractivity contribution is 0.0672. The lowest BCUT2D eigenvalue weighted by Gasteiger charge is -2.32. The number of phenolic OH excluding ortho intramolecular Hbond substituents is 1. The number of hydrogen-bond acceptors (Lipinski definition) is 5. The Labute approximate surface area is 138 Å². The van der Waals surface area contributed by atoms with E-state index in [-0.39, 0.29) is 23.3 Å². The van der Waals surface area contributed by atoms with E-state index in [1.165, 1.54) is 12.1 Å². The quantitative estimate of drug-likeness (QED) is 0.927. The Morgan fingerprint density at radius 2 is 2.26 bits per heavy atom. The summed E-state index contributed by atoms with van der Waals surface area (Å²) in [4.78, 5) is 14.3. The summed E-state index contributed by atoms with van der Waals surface area (Å²) in [5, 5.41) is 18.6. The largest absolute Gasteiger partial charge is 0.507 e. The highest BCUT2D eigenvalue weighted by atomic mass is 35.5. The molecule has 0 spiro atoms. The van der Waals surface area contributed by atoms with Crippen molar-refractivity contribution < 1.29 is 14.6 Å². The van der Waals surface area contributed by atoms with Gasteiger partial charge in [0.25, 0.3) is 5.91 Å². The highest BCUT2D eigenvalue weighted by molar-refractivity contribution is 6.31. The number of fused-ring (bicyclic) bond motifs is 1. The summed E-state index contributed by atoms with van der Waals surface area (Å²) < 4.78 is 7.11. The molecule has 2 aromatic rings. The van der Waals surface area contributed by atoms with E-state index in [2.05, 4.69) is 10.2 Å². The maximum absolute atomic E-state index is 12.7. The number of ether oxygens (including phenoxy) is 1. The van der Waals surface area contributed by atoms with Crippen LogP contribution < -0.4 is 0 Å². The summed E-state index contributed by atoms with van der Waals surface area (Å²) in [5.41, 5.74) is 0.190. The third-order valence-corrected chi connectivity index (χ3v) is 4.08. The van der Waals surface area contributed by atoms with Crippen LogP contribution in [0.4, 0.5) is 0 Å². The second kappa shape index (κ2) is 6.17. The number of aromatic nitrogens is 3. The van der Waals surface area contributed by atoms with Gasteiger partial charge in [0.05, 0.1) is 18.2 Å². The number of methoxy groups -OCH3 is 1. The number of phenols is 1. The fourth-order valence-corrected chi connectivity index (χ4v) is 3.02. The van der Waals surface area contributed by atoms with Crippen molar-refractivity contribution in [3.63, 3.8) is 0 Å². The van der Waals surface area contributed by atoms with Crippen molar-refractivity contribution in [2.75, 3.05) is 13.7 Å². The van der Waals surface area contributed by atoms with Crippen molar-refractivity contribution in [3.05, 3.63) is 40.4 Å². The highest BCUT2D eigenvalue weighted by Crippen LogP contribution is 2.27. The normalized spacial score (nSPS) is 17.2. The summed E-state index contributed by atoms with van der Waals surface area (Å²) in [6.45, 7) is 3.18. The van der Waals surface area contributed by atoms with E-state index in [4.69, 9.17) is 16.3 Å². The van der Waals surface area contributed by atoms with Crippen molar-refractivity contribution in [2.45, 2.75) is 26.1 Å². The molecule has 8 heteroatoms. The van der Waals surface area contributed by atoms with E-state index < -0.39 is 0 Å². The summed E-state index contributed by atoms with van der Waals surface area (Å²) in [6.07, 6.45) is 0. The summed E-state index contributed by atoms with van der Waals surface area (Å²) >= 11 is 5.93. The van der Waals surface area contributed by atoms with Crippen LogP contribution in [0.15, 0.2) is 18.2 Å². The van der Waals surface area contributed by atoms with Gasteiger partial charge >= 0.3 is 0 Å². The average Bonchev–Trinajstić information content (AvgIpc) is 2.93. The van der Waals surface area contributed by atoms with Crippen LogP contribution in [0.1, 0.15) is 35.0 Å². The standard InChI is InChI=1S/C15H17ClN4O3/c1-9-6-19(7-13-17-18-14(8-23-2)20(9)13)15(22)11-5-10(16)3-4-12(11)21/h3-5,9,21H,6-8H2,1-2H3/t9-/m0/s1. The first-order valence-electron chi connectivity index (χ1n) is 7.20. The molecule has 23 heavy (non-hydrogen) atoms. The zero-order valence-electron chi connectivity index (χ0n) is 12.9. The number of carbonyl (C=O) groups excluding carboxylic acids is 1. The molecule has 0 fully saturated rings. The molecular weight excluding hydrogens is 320 g/mol. The molecule has 1 aromatic heterocycles. The Morgan fingerprint density at radius 1 is 1.48 bits per heavy atom. The van der Waals surface area contributed by atoms with E-state index >= 15 is 0 Å². The lowest BCUT2D eigenvalue weighted by atomic mass is 10.1. The van der Waals surface area contributed by atoms with Gasteiger partial charge in [0.2, 0.25) is 0 Å². The van der Waals surface area contributed by atoms with E-state index in [1.54, 1.807) is 18.1 Å². The first-order chi connectivity index (χ1) is 11.0. The molecule has 0 bridgehead atoms. The van der Waals surface area contributed by atoms with Crippen LogP contribution in [0.2, 0.25) is 5.02 Å². The van der Waals surface area contributed by atoms with Crippen LogP contribution in [0.3, 0.4) is 0 Å². The van der Waals surface area contributed by atoms with Gasteiger partial charge in [0, 0.05) is 18.7 Å². The van der Waals surface area contributed by atoms with Gasteiger partial charge < -0.3 is 19.3 Å². The van der Waals surface area contributed by atoms with Crippen molar-refractivity contribution in [1.82, 2.24) is 19.7 Å². The van der Waals surface area contributed by atoms with Crippen LogP contribution in [0.5, 0.6) is 5.75 Å². The maximum Gasteiger partial charge on any atom is 0.258 e. The molecule has 1 atom stereocenters. The zero-order chi connectivity index (χ0) is 16.6. The predicted molar refractivity (Wildman–Crippen MR) is 83.3 cm³/mol. The Kier molecular flexibility index (Phi) is 4.23. The van der Waals surface area contributed by atoms with Gasteiger partial charge in [0.15, 0.2) is 11.6 Å². The van der Waals surface area contributed by atoms with Gasteiger partial charge in [-0.1, -0.05) is 11.6 Å². The van der Waals surface area contributed by atoms with Gasteiger partial charge in [-0.15, -0.1) is 10.2 Å². The second-order valence-electron chi connectivity index (χ2n) is 5.53. The third-order valence-electron chi connectivity index (χ3n) is 3.84. The van der Waals surface area contributed by atoms with Gasteiger partial charge in [-0.05, 0) is 25.1 Å². The molecule has 2 heterocycles. The molecule has 0 radical (unpaired) electrons. The first kappa shape index (κ1) is 15.8. The van der Waals surface area contributed by atoms with Gasteiger partial charge in [-0.25, -0.2) is 0 Å². The highest BCUT2D eigenvalue weighted by Gasteiger charge is 2.30. The Morgan fingerprint density at radius 3 is 3.00 bits per heavy atom. The molecule has 1 aliphatic rings. The van der Waals surface area contributed by atoms with E-state index in [1.807, 2.05) is 11.5 Å².